The lowest BCUT2D eigenvalue weighted by atomic mass is 9.83. The molecule has 2 N–H and O–H groups in total. The summed E-state index contributed by atoms with van der Waals surface area (Å²) in [6, 6.07) is -0.146. The van der Waals surface area contributed by atoms with Gasteiger partial charge in [0.2, 0.25) is 5.12 Å². The van der Waals surface area contributed by atoms with Crippen LogP contribution in [-0.2, 0) is 4.79 Å². The zero-order valence-corrected chi connectivity index (χ0v) is 7.32. The molecule has 2 rings (SSSR count). The molecule has 1 saturated carbocycles. The van der Waals surface area contributed by atoms with E-state index in [9.17, 15) is 4.79 Å². The highest BCUT2D eigenvalue weighted by Gasteiger charge is 2.52. The van der Waals surface area contributed by atoms with Gasteiger partial charge in [-0.15, -0.1) is 0 Å². The van der Waals surface area contributed by atoms with Gasteiger partial charge in [-0.3, -0.25) is 4.79 Å². The molecule has 0 aromatic heterocycles. The minimum absolute atomic E-state index is 0.146. The van der Waals surface area contributed by atoms with E-state index in [1.165, 1.54) is 31.0 Å². The normalized spacial score (nSPS) is 35.4. The molecular formula is C8H13NOS. The zero-order chi connectivity index (χ0) is 7.90. The van der Waals surface area contributed by atoms with Gasteiger partial charge in [0.15, 0.2) is 0 Å². The standard InChI is InChI=1S/C8H13NOS/c9-6-7(10)11-8(6)4-2-1-3-5-8/h6H,1-5,9H2. The summed E-state index contributed by atoms with van der Waals surface area (Å²) in [5, 5.41) is 0.201. The molecule has 62 valence electrons. The lowest BCUT2D eigenvalue weighted by Crippen LogP contribution is -2.59. The van der Waals surface area contributed by atoms with Gasteiger partial charge in [0.25, 0.3) is 0 Å². The van der Waals surface area contributed by atoms with Crippen molar-refractivity contribution in [1.82, 2.24) is 0 Å². The van der Waals surface area contributed by atoms with Gasteiger partial charge in [-0.25, -0.2) is 0 Å². The quantitative estimate of drug-likeness (QED) is 0.597. The number of carbonyl (C=O) groups is 1. The maximum Gasteiger partial charge on any atom is 0.207 e. The van der Waals surface area contributed by atoms with E-state index in [-0.39, 0.29) is 15.9 Å². The van der Waals surface area contributed by atoms with Crippen LogP contribution in [0.5, 0.6) is 0 Å². The van der Waals surface area contributed by atoms with Crippen molar-refractivity contribution in [2.45, 2.75) is 42.9 Å². The van der Waals surface area contributed by atoms with Gasteiger partial charge in [-0.05, 0) is 12.8 Å². The molecule has 2 aliphatic rings. The molecule has 1 spiro atoms. The van der Waals surface area contributed by atoms with E-state index in [1.807, 2.05) is 0 Å². The Kier molecular flexibility index (Phi) is 1.72. The van der Waals surface area contributed by atoms with Crippen molar-refractivity contribution in [2.75, 3.05) is 0 Å². The Balaban J connectivity index is 2.05. The monoisotopic (exact) mass is 171 g/mol. The predicted molar refractivity (Wildman–Crippen MR) is 46.4 cm³/mol. The molecule has 2 nitrogen and oxygen atoms in total. The van der Waals surface area contributed by atoms with Crippen LogP contribution in [0.1, 0.15) is 32.1 Å². The fourth-order valence-electron chi connectivity index (χ4n) is 2.05. The molecule has 0 bridgehead atoms. The second-order valence-corrected chi connectivity index (χ2v) is 4.94. The summed E-state index contributed by atoms with van der Waals surface area (Å²) in [6.45, 7) is 0. The molecule has 1 atom stereocenters. The van der Waals surface area contributed by atoms with Crippen molar-refractivity contribution in [3.8, 4) is 0 Å². The molecule has 1 unspecified atom stereocenters. The third-order valence-corrected chi connectivity index (χ3v) is 4.35. The van der Waals surface area contributed by atoms with Gasteiger partial charge in [0.05, 0.1) is 6.04 Å². The Bertz CT molecular complexity index is 187. The van der Waals surface area contributed by atoms with Gasteiger partial charge in [-0.2, -0.15) is 0 Å². The van der Waals surface area contributed by atoms with Crippen LogP contribution in [0.2, 0.25) is 0 Å². The van der Waals surface area contributed by atoms with Crippen molar-refractivity contribution < 1.29 is 4.79 Å². The smallest absolute Gasteiger partial charge is 0.207 e. The average Bonchev–Trinajstić information content (AvgIpc) is 2.06. The van der Waals surface area contributed by atoms with Crippen LogP contribution in [0.3, 0.4) is 0 Å². The first-order valence-corrected chi connectivity index (χ1v) is 5.05. The van der Waals surface area contributed by atoms with E-state index in [0.29, 0.717) is 0 Å². The fraction of sp³-hybridized carbons (Fsp3) is 0.875. The number of hydrogen-bond donors (Lipinski definition) is 1. The lowest BCUT2D eigenvalue weighted by molar-refractivity contribution is -0.115. The van der Waals surface area contributed by atoms with E-state index >= 15 is 0 Å². The van der Waals surface area contributed by atoms with Crippen molar-refractivity contribution in [3.05, 3.63) is 0 Å². The summed E-state index contributed by atoms with van der Waals surface area (Å²) < 4.78 is 0.176. The van der Waals surface area contributed by atoms with Crippen molar-refractivity contribution >= 4 is 16.9 Å². The molecule has 11 heavy (non-hydrogen) atoms. The van der Waals surface area contributed by atoms with E-state index in [4.69, 9.17) is 5.73 Å². The summed E-state index contributed by atoms with van der Waals surface area (Å²) in [5.41, 5.74) is 5.76. The summed E-state index contributed by atoms with van der Waals surface area (Å²) in [5.74, 6) is 0. The third-order valence-electron chi connectivity index (χ3n) is 2.82. The summed E-state index contributed by atoms with van der Waals surface area (Å²) in [7, 11) is 0. The first-order valence-electron chi connectivity index (χ1n) is 4.23. The van der Waals surface area contributed by atoms with Crippen LogP contribution in [0.25, 0.3) is 0 Å². The number of nitrogens with two attached hydrogens (primary N) is 1. The third kappa shape index (κ3) is 1.02. The zero-order valence-electron chi connectivity index (χ0n) is 6.51. The summed E-state index contributed by atoms with van der Waals surface area (Å²) in [4.78, 5) is 10.9. The largest absolute Gasteiger partial charge is 0.320 e. The SMILES string of the molecule is NC1C(=O)SC12CCCCC2. The van der Waals surface area contributed by atoms with Gasteiger partial charge in [0.1, 0.15) is 0 Å². The number of hydrogen-bond acceptors (Lipinski definition) is 3. The van der Waals surface area contributed by atoms with Crippen molar-refractivity contribution in [1.29, 1.82) is 0 Å². The highest BCUT2D eigenvalue weighted by Crippen LogP contribution is 2.50. The Morgan fingerprint density at radius 1 is 1.36 bits per heavy atom. The molecule has 0 radical (unpaired) electrons. The molecule has 0 aromatic rings. The van der Waals surface area contributed by atoms with E-state index < -0.39 is 0 Å². The number of carbonyl (C=O) groups excluding carboxylic acids is 1. The van der Waals surface area contributed by atoms with Crippen LogP contribution < -0.4 is 5.73 Å². The van der Waals surface area contributed by atoms with Crippen molar-refractivity contribution in [3.63, 3.8) is 0 Å². The second-order valence-electron chi connectivity index (χ2n) is 3.52. The van der Waals surface area contributed by atoms with E-state index in [0.717, 1.165) is 12.8 Å². The Morgan fingerprint density at radius 3 is 2.45 bits per heavy atom. The fourth-order valence-corrected chi connectivity index (χ4v) is 3.34. The Morgan fingerprint density at radius 2 is 2.00 bits per heavy atom. The number of rotatable bonds is 0. The molecule has 0 aromatic carbocycles. The summed E-state index contributed by atoms with van der Waals surface area (Å²) >= 11 is 1.50. The lowest BCUT2D eigenvalue weighted by Gasteiger charge is -2.47. The average molecular weight is 171 g/mol. The molecular weight excluding hydrogens is 158 g/mol. The first-order chi connectivity index (χ1) is 5.25. The first kappa shape index (κ1) is 7.62. The molecule has 3 heteroatoms. The van der Waals surface area contributed by atoms with Gasteiger partial charge in [0, 0.05) is 4.75 Å². The van der Waals surface area contributed by atoms with E-state index in [1.54, 1.807) is 0 Å². The van der Waals surface area contributed by atoms with Crippen molar-refractivity contribution in [2.24, 2.45) is 5.73 Å². The Labute approximate surface area is 70.9 Å². The van der Waals surface area contributed by atoms with Crippen LogP contribution in [0.4, 0.5) is 0 Å². The predicted octanol–water partition coefficient (Wildman–Crippen LogP) is 1.29. The number of thioether (sulfide) groups is 1. The molecule has 1 aliphatic heterocycles. The molecule has 0 amide bonds. The molecule has 1 saturated heterocycles. The van der Waals surface area contributed by atoms with Crippen LogP contribution >= 0.6 is 11.8 Å². The Hall–Kier alpha value is -0.0200. The molecule has 1 heterocycles. The van der Waals surface area contributed by atoms with Crippen LogP contribution in [0, 0.1) is 0 Å². The van der Waals surface area contributed by atoms with E-state index in [2.05, 4.69) is 0 Å². The highest BCUT2D eigenvalue weighted by atomic mass is 32.2. The van der Waals surface area contributed by atoms with Gasteiger partial charge in [-0.1, -0.05) is 31.0 Å². The minimum atomic E-state index is -0.146. The minimum Gasteiger partial charge on any atom is -0.320 e. The topological polar surface area (TPSA) is 43.1 Å². The van der Waals surface area contributed by atoms with Gasteiger partial charge < -0.3 is 5.73 Å². The summed E-state index contributed by atoms with van der Waals surface area (Å²) in [6.07, 6.45) is 6.15. The maximum atomic E-state index is 10.9. The molecule has 2 fully saturated rings. The van der Waals surface area contributed by atoms with Gasteiger partial charge >= 0.3 is 0 Å². The highest BCUT2D eigenvalue weighted by molar-refractivity contribution is 8.17. The maximum absolute atomic E-state index is 10.9. The van der Waals surface area contributed by atoms with Crippen LogP contribution in [-0.4, -0.2) is 15.9 Å². The second kappa shape index (κ2) is 2.49. The van der Waals surface area contributed by atoms with Crippen LogP contribution in [0.15, 0.2) is 0 Å². The molecule has 1 aliphatic carbocycles.